The fourth-order valence-electron chi connectivity index (χ4n) is 3.35. The third-order valence-corrected chi connectivity index (χ3v) is 5.55. The van der Waals surface area contributed by atoms with Crippen molar-refractivity contribution in [3.8, 4) is 0 Å². The van der Waals surface area contributed by atoms with E-state index in [1.807, 2.05) is 6.08 Å². The molecule has 1 aromatic rings. The lowest BCUT2D eigenvalue weighted by Gasteiger charge is -2.42. The lowest BCUT2D eigenvalue weighted by molar-refractivity contribution is -0.116. The van der Waals surface area contributed by atoms with Gasteiger partial charge >= 0.3 is 0 Å². The molecule has 2 aliphatic rings. The number of benzene rings is 1. The summed E-state index contributed by atoms with van der Waals surface area (Å²) in [4.78, 5) is 12.9. The van der Waals surface area contributed by atoms with Gasteiger partial charge in [-0.15, -0.1) is 0 Å². The number of carbonyl (C=O) groups excluding carboxylic acids is 1. The van der Waals surface area contributed by atoms with E-state index >= 15 is 0 Å². The van der Waals surface area contributed by atoms with Crippen molar-refractivity contribution >= 4 is 17.8 Å². The van der Waals surface area contributed by atoms with Crippen molar-refractivity contribution in [2.45, 2.75) is 57.0 Å². The van der Waals surface area contributed by atoms with Crippen LogP contribution in [-0.2, 0) is 8.98 Å². The van der Waals surface area contributed by atoms with E-state index in [1.54, 1.807) is 0 Å². The van der Waals surface area contributed by atoms with Gasteiger partial charge < -0.3 is 4.18 Å². The fourth-order valence-corrected chi connectivity index (χ4v) is 4.03. The van der Waals surface area contributed by atoms with Crippen LogP contribution in [0.2, 0.25) is 0 Å². The SMILES string of the molecule is Cc1ccc(SOC2CCCC3(C)CCC(=O)C=C23)cc1. The van der Waals surface area contributed by atoms with Crippen molar-refractivity contribution in [3.05, 3.63) is 41.5 Å². The molecule has 0 aromatic heterocycles. The van der Waals surface area contributed by atoms with Crippen LogP contribution in [0.4, 0.5) is 0 Å². The summed E-state index contributed by atoms with van der Waals surface area (Å²) in [5.74, 6) is 0.262. The predicted molar refractivity (Wildman–Crippen MR) is 86.2 cm³/mol. The summed E-state index contributed by atoms with van der Waals surface area (Å²) in [5.41, 5.74) is 2.65. The first-order chi connectivity index (χ1) is 10.1. The maximum Gasteiger partial charge on any atom is 0.155 e. The lowest BCUT2D eigenvalue weighted by Crippen LogP contribution is -2.36. The Kier molecular flexibility index (Phi) is 4.23. The maximum absolute atomic E-state index is 11.8. The number of ketones is 1. The Morgan fingerprint density at radius 1 is 1.24 bits per heavy atom. The highest BCUT2D eigenvalue weighted by Gasteiger charge is 2.40. The largest absolute Gasteiger partial charge is 0.303 e. The first kappa shape index (κ1) is 14.9. The second kappa shape index (κ2) is 5.98. The van der Waals surface area contributed by atoms with Gasteiger partial charge in [-0.2, -0.15) is 0 Å². The number of fused-ring (bicyclic) bond motifs is 1. The van der Waals surface area contributed by atoms with E-state index in [4.69, 9.17) is 4.18 Å². The van der Waals surface area contributed by atoms with Gasteiger partial charge in [-0.1, -0.05) is 24.6 Å². The third kappa shape index (κ3) is 3.24. The molecule has 1 fully saturated rings. The van der Waals surface area contributed by atoms with Gasteiger partial charge in [-0.3, -0.25) is 4.79 Å². The molecule has 0 saturated heterocycles. The van der Waals surface area contributed by atoms with Crippen LogP contribution in [0.3, 0.4) is 0 Å². The summed E-state index contributed by atoms with van der Waals surface area (Å²) in [6.45, 7) is 4.37. The molecule has 2 nitrogen and oxygen atoms in total. The van der Waals surface area contributed by atoms with Gasteiger partial charge in [0.1, 0.15) is 0 Å². The Balaban J connectivity index is 1.72. The zero-order valence-electron chi connectivity index (χ0n) is 12.7. The number of aryl methyl sites for hydroxylation is 1. The zero-order chi connectivity index (χ0) is 14.9. The summed E-state index contributed by atoms with van der Waals surface area (Å²) >= 11 is 1.44. The minimum atomic E-state index is 0.0827. The van der Waals surface area contributed by atoms with E-state index in [9.17, 15) is 4.79 Å². The molecule has 0 amide bonds. The second-order valence-electron chi connectivity index (χ2n) is 6.50. The second-order valence-corrected chi connectivity index (χ2v) is 7.33. The van der Waals surface area contributed by atoms with Gasteiger partial charge in [-0.25, -0.2) is 0 Å². The van der Waals surface area contributed by atoms with Crippen LogP contribution < -0.4 is 0 Å². The predicted octanol–water partition coefficient (Wildman–Crippen LogP) is 4.87. The van der Waals surface area contributed by atoms with Crippen LogP contribution in [0, 0.1) is 12.3 Å². The highest BCUT2D eigenvalue weighted by molar-refractivity contribution is 7.94. The van der Waals surface area contributed by atoms with Crippen LogP contribution in [0.15, 0.2) is 40.8 Å². The summed E-state index contributed by atoms with van der Waals surface area (Å²) in [5, 5.41) is 0. The van der Waals surface area contributed by atoms with Crippen LogP contribution >= 0.6 is 12.0 Å². The number of allylic oxidation sites excluding steroid dienone is 1. The average Bonchev–Trinajstić information content (AvgIpc) is 2.47. The van der Waals surface area contributed by atoms with Gasteiger partial charge in [0.25, 0.3) is 0 Å². The molecule has 1 aromatic carbocycles. The molecule has 0 radical (unpaired) electrons. The van der Waals surface area contributed by atoms with Crippen molar-refractivity contribution < 1.29 is 8.98 Å². The number of hydrogen-bond acceptors (Lipinski definition) is 3. The highest BCUT2D eigenvalue weighted by Crippen LogP contribution is 2.48. The number of hydrogen-bond donors (Lipinski definition) is 0. The van der Waals surface area contributed by atoms with E-state index in [1.165, 1.54) is 36.0 Å². The molecule has 0 N–H and O–H groups in total. The highest BCUT2D eigenvalue weighted by atomic mass is 32.2. The van der Waals surface area contributed by atoms with E-state index < -0.39 is 0 Å². The quantitative estimate of drug-likeness (QED) is 0.745. The summed E-state index contributed by atoms with van der Waals surface area (Å²) in [6, 6.07) is 8.37. The number of carbonyl (C=O) groups is 1. The van der Waals surface area contributed by atoms with Gasteiger partial charge in [-0.05, 0) is 61.8 Å². The molecule has 0 aliphatic heterocycles. The molecule has 3 heteroatoms. The molecule has 2 unspecified atom stereocenters. The van der Waals surface area contributed by atoms with Crippen molar-refractivity contribution in [2.24, 2.45) is 5.41 Å². The Hall–Kier alpha value is -1.06. The molecule has 0 spiro atoms. The maximum atomic E-state index is 11.8. The van der Waals surface area contributed by atoms with Crippen molar-refractivity contribution in [2.75, 3.05) is 0 Å². The third-order valence-electron chi connectivity index (χ3n) is 4.76. The summed E-state index contributed by atoms with van der Waals surface area (Å²) in [6.07, 6.45) is 7.00. The Morgan fingerprint density at radius 3 is 2.76 bits per heavy atom. The minimum absolute atomic E-state index is 0.0827. The molecule has 21 heavy (non-hydrogen) atoms. The van der Waals surface area contributed by atoms with Gasteiger partial charge in [0.05, 0.1) is 6.10 Å². The van der Waals surface area contributed by atoms with E-state index in [0.717, 1.165) is 17.7 Å². The van der Waals surface area contributed by atoms with Crippen molar-refractivity contribution in [3.63, 3.8) is 0 Å². The first-order valence-corrected chi connectivity index (χ1v) is 8.46. The molecule has 2 aliphatic carbocycles. The molecule has 0 heterocycles. The van der Waals surface area contributed by atoms with Crippen molar-refractivity contribution in [1.29, 1.82) is 0 Å². The molecule has 3 rings (SSSR count). The van der Waals surface area contributed by atoms with Crippen LogP contribution in [0.25, 0.3) is 0 Å². The van der Waals surface area contributed by atoms with Gasteiger partial charge in [0.15, 0.2) is 5.78 Å². The monoisotopic (exact) mass is 302 g/mol. The molecule has 2 atom stereocenters. The van der Waals surface area contributed by atoms with E-state index in [0.29, 0.717) is 6.42 Å². The molecule has 1 saturated carbocycles. The molecular weight excluding hydrogens is 280 g/mol. The van der Waals surface area contributed by atoms with E-state index in [-0.39, 0.29) is 17.3 Å². The van der Waals surface area contributed by atoms with Crippen molar-refractivity contribution in [1.82, 2.24) is 0 Å². The van der Waals surface area contributed by atoms with Crippen LogP contribution in [-0.4, -0.2) is 11.9 Å². The Bertz CT molecular complexity index is 561. The van der Waals surface area contributed by atoms with Gasteiger partial charge in [0, 0.05) is 23.4 Å². The normalized spacial score (nSPS) is 29.0. The average molecular weight is 302 g/mol. The van der Waals surface area contributed by atoms with Crippen LogP contribution in [0.5, 0.6) is 0 Å². The van der Waals surface area contributed by atoms with Gasteiger partial charge in [0.2, 0.25) is 0 Å². The zero-order valence-corrected chi connectivity index (χ0v) is 13.5. The fraction of sp³-hybridized carbons (Fsp3) is 0.500. The first-order valence-electron chi connectivity index (χ1n) is 7.72. The molecule has 0 bridgehead atoms. The van der Waals surface area contributed by atoms with E-state index in [2.05, 4.69) is 38.1 Å². The number of rotatable bonds is 3. The molecular formula is C18H22O2S. The van der Waals surface area contributed by atoms with Crippen LogP contribution in [0.1, 0.15) is 44.6 Å². The Labute approximate surface area is 131 Å². The summed E-state index contributed by atoms with van der Waals surface area (Å²) < 4.78 is 6.09. The summed E-state index contributed by atoms with van der Waals surface area (Å²) in [7, 11) is 0. The minimum Gasteiger partial charge on any atom is -0.303 e. The standard InChI is InChI=1S/C18H22O2S/c1-13-5-7-15(8-6-13)21-20-17-4-3-10-18(2)11-9-14(19)12-16(17)18/h5-8,12,17H,3-4,9-11H2,1-2H3. The topological polar surface area (TPSA) is 26.3 Å². The molecule has 112 valence electrons. The Morgan fingerprint density at radius 2 is 2.00 bits per heavy atom. The lowest BCUT2D eigenvalue weighted by atomic mass is 9.65. The smallest absolute Gasteiger partial charge is 0.155 e.